The van der Waals surface area contributed by atoms with Crippen LogP contribution in [0.1, 0.15) is 11.5 Å². The molecule has 0 unspecified atom stereocenters. The number of hydrogen-bond donors (Lipinski definition) is 0. The molecular formula is C15H9F4N3S. The van der Waals surface area contributed by atoms with Gasteiger partial charge in [-0.15, -0.1) is 11.8 Å². The topological polar surface area (TPSA) is 38.7 Å². The van der Waals surface area contributed by atoms with E-state index in [9.17, 15) is 17.6 Å². The number of aromatic nitrogens is 3. The maximum Gasteiger partial charge on any atom is 0.348 e. The minimum Gasteiger partial charge on any atom is -0.251 e. The Morgan fingerprint density at radius 1 is 1.00 bits per heavy atom. The SMILES string of the molecule is CSc1nc(C(F)(F)c2ccc(F)cn2)nc2cc(F)ccc12. The monoisotopic (exact) mass is 339 g/mol. The predicted molar refractivity (Wildman–Crippen MR) is 78.5 cm³/mol. The van der Waals surface area contributed by atoms with E-state index in [0.717, 1.165) is 30.0 Å². The van der Waals surface area contributed by atoms with Gasteiger partial charge in [0.2, 0.25) is 5.82 Å². The van der Waals surface area contributed by atoms with E-state index in [1.807, 2.05) is 0 Å². The Morgan fingerprint density at radius 2 is 1.74 bits per heavy atom. The Morgan fingerprint density at radius 3 is 2.39 bits per heavy atom. The fourth-order valence-electron chi connectivity index (χ4n) is 2.05. The second-order valence-corrected chi connectivity index (χ2v) is 5.45. The van der Waals surface area contributed by atoms with E-state index in [1.54, 1.807) is 6.26 Å². The summed E-state index contributed by atoms with van der Waals surface area (Å²) in [7, 11) is 0. The van der Waals surface area contributed by atoms with Gasteiger partial charge >= 0.3 is 5.92 Å². The largest absolute Gasteiger partial charge is 0.348 e. The summed E-state index contributed by atoms with van der Waals surface area (Å²) in [5.74, 6) is -5.74. The van der Waals surface area contributed by atoms with Crippen molar-refractivity contribution in [2.45, 2.75) is 10.9 Å². The fraction of sp³-hybridized carbons (Fsp3) is 0.133. The Kier molecular flexibility index (Phi) is 3.93. The highest BCUT2D eigenvalue weighted by atomic mass is 32.2. The fourth-order valence-corrected chi connectivity index (χ4v) is 2.62. The van der Waals surface area contributed by atoms with Gasteiger partial charge in [0, 0.05) is 11.5 Å². The smallest absolute Gasteiger partial charge is 0.251 e. The second kappa shape index (κ2) is 5.77. The summed E-state index contributed by atoms with van der Waals surface area (Å²) in [6.45, 7) is 0. The Balaban J connectivity index is 2.20. The molecule has 0 aliphatic rings. The van der Waals surface area contributed by atoms with Gasteiger partial charge in [0.15, 0.2) is 0 Å². The molecule has 0 saturated heterocycles. The van der Waals surface area contributed by atoms with Gasteiger partial charge in [-0.25, -0.2) is 18.7 Å². The highest BCUT2D eigenvalue weighted by molar-refractivity contribution is 7.98. The summed E-state index contributed by atoms with van der Waals surface area (Å²) in [4.78, 5) is 11.0. The first-order valence-corrected chi connectivity index (χ1v) is 7.66. The van der Waals surface area contributed by atoms with E-state index >= 15 is 0 Å². The van der Waals surface area contributed by atoms with Crippen molar-refractivity contribution in [1.82, 2.24) is 15.0 Å². The van der Waals surface area contributed by atoms with Crippen molar-refractivity contribution in [2.75, 3.05) is 6.26 Å². The number of hydrogen-bond acceptors (Lipinski definition) is 4. The maximum atomic E-state index is 14.6. The lowest BCUT2D eigenvalue weighted by Crippen LogP contribution is -2.21. The van der Waals surface area contributed by atoms with Crippen molar-refractivity contribution in [1.29, 1.82) is 0 Å². The van der Waals surface area contributed by atoms with Gasteiger partial charge in [0.1, 0.15) is 22.4 Å². The molecule has 0 amide bonds. The quantitative estimate of drug-likeness (QED) is 0.408. The third-order valence-electron chi connectivity index (χ3n) is 3.15. The number of thioether (sulfide) groups is 1. The summed E-state index contributed by atoms with van der Waals surface area (Å²) in [5.41, 5.74) is -0.608. The van der Waals surface area contributed by atoms with Crippen molar-refractivity contribution in [3.8, 4) is 0 Å². The summed E-state index contributed by atoms with van der Waals surface area (Å²) >= 11 is 1.14. The van der Waals surface area contributed by atoms with Crippen molar-refractivity contribution in [3.05, 3.63) is 59.7 Å². The molecular weight excluding hydrogens is 330 g/mol. The van der Waals surface area contributed by atoms with Crippen LogP contribution in [0.5, 0.6) is 0 Å². The zero-order valence-corrected chi connectivity index (χ0v) is 12.5. The number of fused-ring (bicyclic) bond motifs is 1. The summed E-state index contributed by atoms with van der Waals surface area (Å²) < 4.78 is 55.3. The summed E-state index contributed by atoms with van der Waals surface area (Å²) in [6, 6.07) is 5.47. The molecule has 3 rings (SSSR count). The van der Waals surface area contributed by atoms with Gasteiger partial charge in [0.25, 0.3) is 0 Å². The molecule has 0 N–H and O–H groups in total. The predicted octanol–water partition coefficient (Wildman–Crippen LogP) is 4.17. The van der Waals surface area contributed by atoms with E-state index in [1.165, 1.54) is 12.1 Å². The van der Waals surface area contributed by atoms with Gasteiger partial charge in [-0.1, -0.05) is 0 Å². The molecule has 0 aliphatic heterocycles. The average molecular weight is 339 g/mol. The van der Waals surface area contributed by atoms with Gasteiger partial charge in [-0.05, 0) is 30.5 Å². The van der Waals surface area contributed by atoms with Crippen LogP contribution in [0.25, 0.3) is 10.9 Å². The van der Waals surface area contributed by atoms with Crippen molar-refractivity contribution < 1.29 is 17.6 Å². The zero-order chi connectivity index (χ0) is 16.6. The Bertz CT molecular complexity index is 868. The van der Waals surface area contributed by atoms with Crippen molar-refractivity contribution >= 4 is 22.7 Å². The lowest BCUT2D eigenvalue weighted by atomic mass is 10.2. The molecule has 3 aromatic rings. The van der Waals surface area contributed by atoms with Crippen molar-refractivity contribution in [2.24, 2.45) is 0 Å². The minimum atomic E-state index is -3.63. The van der Waals surface area contributed by atoms with Crippen LogP contribution in [0.2, 0.25) is 0 Å². The summed E-state index contributed by atoms with van der Waals surface area (Å²) in [6.07, 6.45) is 2.36. The number of rotatable bonds is 3. The zero-order valence-electron chi connectivity index (χ0n) is 11.7. The molecule has 0 aliphatic carbocycles. The van der Waals surface area contributed by atoms with Crippen LogP contribution in [0, 0.1) is 11.6 Å². The third kappa shape index (κ3) is 2.86. The van der Waals surface area contributed by atoms with E-state index < -0.39 is 29.1 Å². The highest BCUT2D eigenvalue weighted by Crippen LogP contribution is 2.35. The Hall–Kier alpha value is -2.22. The van der Waals surface area contributed by atoms with Crippen LogP contribution in [0.3, 0.4) is 0 Å². The van der Waals surface area contributed by atoms with E-state index in [2.05, 4.69) is 15.0 Å². The van der Waals surface area contributed by atoms with Crippen LogP contribution in [0.15, 0.2) is 41.6 Å². The van der Waals surface area contributed by atoms with Gasteiger partial charge < -0.3 is 0 Å². The summed E-state index contributed by atoms with van der Waals surface area (Å²) in [5, 5.41) is 0.775. The molecule has 2 aromatic heterocycles. The molecule has 3 nitrogen and oxygen atoms in total. The molecule has 0 atom stereocenters. The normalized spacial score (nSPS) is 11.9. The number of pyridine rings is 1. The second-order valence-electron chi connectivity index (χ2n) is 4.65. The van der Waals surface area contributed by atoms with E-state index in [-0.39, 0.29) is 5.52 Å². The highest BCUT2D eigenvalue weighted by Gasteiger charge is 2.39. The van der Waals surface area contributed by atoms with Crippen LogP contribution in [0.4, 0.5) is 17.6 Å². The molecule has 0 spiro atoms. The van der Waals surface area contributed by atoms with Crippen molar-refractivity contribution in [3.63, 3.8) is 0 Å². The van der Waals surface area contributed by atoms with Crippen LogP contribution in [-0.2, 0) is 5.92 Å². The molecule has 0 bridgehead atoms. The van der Waals surface area contributed by atoms with Gasteiger partial charge in [-0.2, -0.15) is 8.78 Å². The van der Waals surface area contributed by atoms with E-state index in [4.69, 9.17) is 0 Å². The maximum absolute atomic E-state index is 14.6. The first-order chi connectivity index (χ1) is 10.9. The van der Waals surface area contributed by atoms with Gasteiger partial charge in [-0.3, -0.25) is 4.98 Å². The Labute approximate surface area is 132 Å². The molecule has 0 fully saturated rings. The standard InChI is InChI=1S/C15H9F4N3S/c1-23-13-10-4-2-8(16)6-11(10)21-14(22-13)15(18,19)12-5-3-9(17)7-20-12/h2-7H,1H3. The third-order valence-corrected chi connectivity index (χ3v) is 3.85. The number of benzene rings is 1. The van der Waals surface area contributed by atoms with E-state index in [0.29, 0.717) is 16.6 Å². The van der Waals surface area contributed by atoms with Crippen LogP contribution in [-0.4, -0.2) is 21.2 Å². The lowest BCUT2D eigenvalue weighted by molar-refractivity contribution is 0.0277. The molecule has 0 saturated carbocycles. The first-order valence-electron chi connectivity index (χ1n) is 6.43. The average Bonchev–Trinajstić information content (AvgIpc) is 2.53. The molecule has 2 heterocycles. The van der Waals surface area contributed by atoms with Crippen LogP contribution < -0.4 is 0 Å². The first kappa shape index (κ1) is 15.7. The molecule has 8 heteroatoms. The molecule has 1 aromatic carbocycles. The number of alkyl halides is 2. The number of nitrogens with zero attached hydrogens (tertiary/aromatic N) is 3. The molecule has 118 valence electrons. The van der Waals surface area contributed by atoms with Crippen LogP contribution >= 0.6 is 11.8 Å². The minimum absolute atomic E-state index is 0.0705. The molecule has 23 heavy (non-hydrogen) atoms. The number of halogens is 4. The molecule has 0 radical (unpaired) electrons. The van der Waals surface area contributed by atoms with Gasteiger partial charge in [0.05, 0.1) is 11.7 Å². The lowest BCUT2D eigenvalue weighted by Gasteiger charge is -2.16.